The summed E-state index contributed by atoms with van der Waals surface area (Å²) < 4.78 is 28.1. The Labute approximate surface area is 198 Å². The Morgan fingerprint density at radius 3 is 2.33 bits per heavy atom. The maximum Gasteiger partial charge on any atom is 0.276 e. The highest BCUT2D eigenvalue weighted by Crippen LogP contribution is 2.20. The van der Waals surface area contributed by atoms with Gasteiger partial charge in [-0.15, -0.1) is 0 Å². The van der Waals surface area contributed by atoms with Crippen molar-refractivity contribution in [3.05, 3.63) is 105 Å². The molecule has 0 spiro atoms. The van der Waals surface area contributed by atoms with E-state index in [1.54, 1.807) is 30.3 Å². The van der Waals surface area contributed by atoms with Gasteiger partial charge in [-0.05, 0) is 66.7 Å². The number of sulfonamides is 1. The van der Waals surface area contributed by atoms with Crippen LogP contribution in [0.4, 0.5) is 11.4 Å². The summed E-state index contributed by atoms with van der Waals surface area (Å²) >= 11 is 3.25. The number of carbonyl (C=O) groups is 1. The van der Waals surface area contributed by atoms with E-state index in [-0.39, 0.29) is 16.1 Å². The zero-order valence-electron chi connectivity index (χ0n) is 16.9. The van der Waals surface area contributed by atoms with Crippen LogP contribution in [0.15, 0.2) is 93.3 Å². The molecule has 0 fully saturated rings. The first kappa shape index (κ1) is 23.8. The SMILES string of the molecule is O=C(NN=CC=Cc1ccccc1[N+](=O)[O-])c1ccc(NS(=O)(=O)c2ccc(Br)cc2)cc1. The van der Waals surface area contributed by atoms with Gasteiger partial charge >= 0.3 is 0 Å². The molecule has 0 aliphatic heterocycles. The molecule has 168 valence electrons. The molecule has 0 bridgehead atoms. The molecular weight excluding hydrogens is 512 g/mol. The van der Waals surface area contributed by atoms with Crippen LogP contribution in [0.5, 0.6) is 0 Å². The third kappa shape index (κ3) is 6.57. The molecule has 0 saturated carbocycles. The number of anilines is 1. The van der Waals surface area contributed by atoms with E-state index in [0.717, 1.165) is 4.47 Å². The average Bonchev–Trinajstić information content (AvgIpc) is 2.79. The summed E-state index contributed by atoms with van der Waals surface area (Å²) in [7, 11) is -3.76. The van der Waals surface area contributed by atoms with Crippen LogP contribution in [0.3, 0.4) is 0 Å². The van der Waals surface area contributed by atoms with Crippen molar-refractivity contribution < 1.29 is 18.1 Å². The van der Waals surface area contributed by atoms with E-state index in [1.165, 1.54) is 60.8 Å². The quantitative estimate of drug-likeness (QED) is 0.251. The highest BCUT2D eigenvalue weighted by atomic mass is 79.9. The summed E-state index contributed by atoms with van der Waals surface area (Å²) in [6.45, 7) is 0. The monoisotopic (exact) mass is 528 g/mol. The second kappa shape index (κ2) is 10.7. The number of amides is 1. The number of hydrogen-bond acceptors (Lipinski definition) is 6. The van der Waals surface area contributed by atoms with Crippen molar-refractivity contribution in [2.45, 2.75) is 4.90 Å². The third-order valence-corrected chi connectivity index (χ3v) is 6.19. The number of allylic oxidation sites excluding steroid dienone is 1. The number of nitrogens with zero attached hydrogens (tertiary/aromatic N) is 2. The average molecular weight is 529 g/mol. The van der Waals surface area contributed by atoms with Crippen molar-refractivity contribution in [2.24, 2.45) is 5.10 Å². The molecule has 0 aliphatic rings. The molecular formula is C22H17BrN4O5S. The Morgan fingerprint density at radius 2 is 1.67 bits per heavy atom. The lowest BCUT2D eigenvalue weighted by atomic mass is 10.1. The van der Waals surface area contributed by atoms with Gasteiger partial charge in [0.1, 0.15) is 0 Å². The lowest BCUT2D eigenvalue weighted by molar-refractivity contribution is -0.385. The second-order valence-electron chi connectivity index (χ2n) is 6.53. The van der Waals surface area contributed by atoms with Crippen molar-refractivity contribution in [1.82, 2.24) is 5.43 Å². The van der Waals surface area contributed by atoms with Gasteiger partial charge < -0.3 is 0 Å². The first-order valence-corrected chi connectivity index (χ1v) is 11.7. The standard InChI is InChI=1S/C22H17BrN4O5S/c23-18-9-13-20(14-10-18)33(31,32)26-19-11-7-17(8-12-19)22(28)25-24-15-3-5-16-4-1-2-6-21(16)27(29)30/h1-15,26H,(H,25,28). The summed E-state index contributed by atoms with van der Waals surface area (Å²) in [5, 5.41) is 14.8. The highest BCUT2D eigenvalue weighted by molar-refractivity contribution is 9.10. The van der Waals surface area contributed by atoms with Crippen LogP contribution in [-0.2, 0) is 10.0 Å². The minimum absolute atomic E-state index is 0.0398. The predicted octanol–water partition coefficient (Wildman–Crippen LogP) is 4.59. The van der Waals surface area contributed by atoms with E-state index in [1.807, 2.05) is 0 Å². The zero-order valence-corrected chi connectivity index (χ0v) is 19.3. The van der Waals surface area contributed by atoms with Crippen molar-refractivity contribution in [3.63, 3.8) is 0 Å². The molecule has 3 rings (SSSR count). The summed E-state index contributed by atoms with van der Waals surface area (Å²) in [5.41, 5.74) is 3.25. The van der Waals surface area contributed by atoms with Crippen molar-refractivity contribution in [2.75, 3.05) is 4.72 Å². The number of nitrogens with one attached hydrogen (secondary N) is 2. The summed E-state index contributed by atoms with van der Waals surface area (Å²) in [4.78, 5) is 22.8. The second-order valence-corrected chi connectivity index (χ2v) is 9.13. The molecule has 2 N–H and O–H groups in total. The Morgan fingerprint density at radius 1 is 1.00 bits per heavy atom. The van der Waals surface area contributed by atoms with Gasteiger partial charge in [0, 0.05) is 28.0 Å². The largest absolute Gasteiger partial charge is 0.280 e. The van der Waals surface area contributed by atoms with Crippen molar-refractivity contribution in [3.8, 4) is 0 Å². The topological polar surface area (TPSA) is 131 Å². The van der Waals surface area contributed by atoms with Crippen molar-refractivity contribution >= 4 is 55.5 Å². The Hall–Kier alpha value is -3.83. The molecule has 1 amide bonds. The number of halogens is 1. The fraction of sp³-hybridized carbons (Fsp3) is 0. The van der Waals surface area contributed by atoms with Crippen molar-refractivity contribution in [1.29, 1.82) is 0 Å². The molecule has 9 nitrogen and oxygen atoms in total. The summed E-state index contributed by atoms with van der Waals surface area (Å²) in [6.07, 6.45) is 4.25. The fourth-order valence-electron chi connectivity index (χ4n) is 2.66. The van der Waals surface area contributed by atoms with E-state index < -0.39 is 20.9 Å². The number of rotatable bonds is 8. The summed E-state index contributed by atoms with van der Waals surface area (Å²) in [5.74, 6) is -0.507. The smallest absolute Gasteiger partial charge is 0.276 e. The molecule has 0 saturated heterocycles. The molecule has 0 aromatic heterocycles. The van der Waals surface area contributed by atoms with Gasteiger partial charge in [0.15, 0.2) is 0 Å². The van der Waals surface area contributed by atoms with Gasteiger partial charge in [0.05, 0.1) is 15.4 Å². The van der Waals surface area contributed by atoms with E-state index >= 15 is 0 Å². The maximum atomic E-state index is 12.4. The van der Waals surface area contributed by atoms with E-state index in [9.17, 15) is 23.3 Å². The van der Waals surface area contributed by atoms with E-state index in [2.05, 4.69) is 31.2 Å². The molecule has 3 aromatic carbocycles. The van der Waals surface area contributed by atoms with Gasteiger partial charge in [-0.2, -0.15) is 5.10 Å². The van der Waals surface area contributed by atoms with Gasteiger partial charge in [0.25, 0.3) is 21.6 Å². The third-order valence-electron chi connectivity index (χ3n) is 4.26. The number of hydrazone groups is 1. The first-order valence-electron chi connectivity index (χ1n) is 9.38. The molecule has 0 atom stereocenters. The molecule has 0 aliphatic carbocycles. The van der Waals surface area contributed by atoms with Gasteiger partial charge in [0.2, 0.25) is 0 Å². The van der Waals surface area contributed by atoms with Crippen LogP contribution in [0, 0.1) is 10.1 Å². The number of benzene rings is 3. The maximum absolute atomic E-state index is 12.4. The van der Waals surface area contributed by atoms with Crippen LogP contribution < -0.4 is 10.1 Å². The molecule has 11 heteroatoms. The minimum atomic E-state index is -3.76. The van der Waals surface area contributed by atoms with Crippen LogP contribution in [-0.4, -0.2) is 25.5 Å². The Balaban J connectivity index is 1.58. The summed E-state index contributed by atoms with van der Waals surface area (Å²) in [6, 6.07) is 18.2. The number of carbonyl (C=O) groups excluding carboxylic acids is 1. The number of nitro benzene ring substituents is 1. The Bertz CT molecular complexity index is 1320. The number of para-hydroxylation sites is 1. The highest BCUT2D eigenvalue weighted by Gasteiger charge is 2.14. The van der Waals surface area contributed by atoms with Gasteiger partial charge in [-0.25, -0.2) is 13.8 Å². The van der Waals surface area contributed by atoms with Gasteiger partial charge in [-0.1, -0.05) is 28.1 Å². The minimum Gasteiger partial charge on any atom is -0.280 e. The number of hydrogen-bond donors (Lipinski definition) is 2. The first-order chi connectivity index (χ1) is 15.8. The predicted molar refractivity (Wildman–Crippen MR) is 129 cm³/mol. The molecule has 0 unspecified atom stereocenters. The number of nitro groups is 1. The normalized spacial score (nSPS) is 11.5. The van der Waals surface area contributed by atoms with E-state index in [4.69, 9.17) is 0 Å². The molecule has 0 heterocycles. The molecule has 33 heavy (non-hydrogen) atoms. The molecule has 0 radical (unpaired) electrons. The fourth-order valence-corrected chi connectivity index (χ4v) is 3.99. The lowest BCUT2D eigenvalue weighted by Gasteiger charge is -2.08. The van der Waals surface area contributed by atoms with Gasteiger partial charge in [-0.3, -0.25) is 19.6 Å². The van der Waals surface area contributed by atoms with Crippen LogP contribution >= 0.6 is 15.9 Å². The van der Waals surface area contributed by atoms with E-state index in [0.29, 0.717) is 11.3 Å². The van der Waals surface area contributed by atoms with Crippen LogP contribution in [0.25, 0.3) is 6.08 Å². The molecule has 3 aromatic rings. The lowest BCUT2D eigenvalue weighted by Crippen LogP contribution is -2.17. The Kier molecular flexibility index (Phi) is 7.70. The van der Waals surface area contributed by atoms with Crippen LogP contribution in [0.1, 0.15) is 15.9 Å². The zero-order chi connectivity index (χ0) is 23.8. The van der Waals surface area contributed by atoms with Crippen LogP contribution in [0.2, 0.25) is 0 Å².